The van der Waals surface area contributed by atoms with Crippen molar-refractivity contribution in [3.63, 3.8) is 0 Å². The zero-order valence-corrected chi connectivity index (χ0v) is 10.1. The molecule has 2 N–H and O–H groups in total. The SMILES string of the molecule is C[C@@H]1CCC[C@]2(C1)NN=C1SCC(=O)N1N2. The van der Waals surface area contributed by atoms with E-state index in [1.165, 1.54) is 24.6 Å². The van der Waals surface area contributed by atoms with Crippen molar-refractivity contribution in [2.24, 2.45) is 11.0 Å². The zero-order chi connectivity index (χ0) is 11.2. The van der Waals surface area contributed by atoms with Crippen molar-refractivity contribution in [2.45, 2.75) is 38.3 Å². The third kappa shape index (κ3) is 1.60. The van der Waals surface area contributed by atoms with Crippen molar-refractivity contribution in [1.29, 1.82) is 0 Å². The van der Waals surface area contributed by atoms with Crippen LogP contribution in [0.1, 0.15) is 32.6 Å². The highest BCUT2D eigenvalue weighted by Crippen LogP contribution is 2.33. The molecule has 2 fully saturated rings. The maximum atomic E-state index is 11.7. The third-order valence-corrected chi connectivity index (χ3v) is 4.38. The molecule has 0 unspecified atom stereocenters. The second-order valence-corrected chi connectivity index (χ2v) is 5.86. The van der Waals surface area contributed by atoms with Gasteiger partial charge in [-0.2, -0.15) is 10.5 Å². The topological polar surface area (TPSA) is 56.7 Å². The highest BCUT2D eigenvalue weighted by atomic mass is 32.2. The molecule has 0 aromatic carbocycles. The monoisotopic (exact) mass is 240 g/mol. The van der Waals surface area contributed by atoms with E-state index in [9.17, 15) is 4.79 Å². The normalized spacial score (nSPS) is 38.3. The van der Waals surface area contributed by atoms with Crippen LogP contribution in [0, 0.1) is 5.92 Å². The smallest absolute Gasteiger partial charge is 0.253 e. The minimum atomic E-state index is -0.193. The van der Waals surface area contributed by atoms with Gasteiger partial charge in [0.25, 0.3) is 5.91 Å². The summed E-state index contributed by atoms with van der Waals surface area (Å²) < 4.78 is 0. The Bertz CT molecular complexity index is 359. The number of amides is 1. The van der Waals surface area contributed by atoms with Crippen LogP contribution in [0.25, 0.3) is 0 Å². The van der Waals surface area contributed by atoms with E-state index in [1.54, 1.807) is 5.01 Å². The summed E-state index contributed by atoms with van der Waals surface area (Å²) in [4.78, 5) is 11.7. The second-order valence-electron chi connectivity index (χ2n) is 4.92. The van der Waals surface area contributed by atoms with Gasteiger partial charge in [0.05, 0.1) is 5.75 Å². The molecule has 3 aliphatic rings. The number of rotatable bonds is 0. The largest absolute Gasteiger partial charge is 0.286 e. The summed E-state index contributed by atoms with van der Waals surface area (Å²) in [6, 6.07) is 0. The standard InChI is InChI=1S/C10H16N4OS/c1-7-3-2-4-10(5-7)12-11-9-14(13-10)8(15)6-16-9/h7,12-13H,2-6H2,1H3/t7-,10+/m1/s1. The molecular formula is C10H16N4OS. The highest BCUT2D eigenvalue weighted by Gasteiger charge is 2.43. The number of carbonyl (C=O) groups excluding carboxylic acids is 1. The fourth-order valence-corrected chi connectivity index (χ4v) is 3.47. The van der Waals surface area contributed by atoms with Crippen molar-refractivity contribution < 1.29 is 4.79 Å². The Labute approximate surface area is 99.0 Å². The molecule has 1 saturated carbocycles. The van der Waals surface area contributed by atoms with E-state index in [0.29, 0.717) is 11.7 Å². The summed E-state index contributed by atoms with van der Waals surface area (Å²) in [5.74, 6) is 1.29. The molecule has 2 aliphatic heterocycles. The fraction of sp³-hybridized carbons (Fsp3) is 0.800. The molecular weight excluding hydrogens is 224 g/mol. The Hall–Kier alpha value is -0.750. The first kappa shape index (κ1) is 10.4. The van der Waals surface area contributed by atoms with E-state index in [1.807, 2.05) is 0 Å². The molecule has 6 heteroatoms. The summed E-state index contributed by atoms with van der Waals surface area (Å²) in [6.07, 6.45) is 4.51. The first-order valence-electron chi connectivity index (χ1n) is 5.77. The van der Waals surface area contributed by atoms with Gasteiger partial charge in [0.1, 0.15) is 5.66 Å². The predicted octanol–water partition coefficient (Wildman–Crippen LogP) is 0.847. The van der Waals surface area contributed by atoms with E-state index in [2.05, 4.69) is 22.9 Å². The van der Waals surface area contributed by atoms with Gasteiger partial charge in [0, 0.05) is 0 Å². The molecule has 0 radical (unpaired) electrons. The highest BCUT2D eigenvalue weighted by molar-refractivity contribution is 8.15. The van der Waals surface area contributed by atoms with Crippen LogP contribution in [-0.4, -0.2) is 27.5 Å². The summed E-state index contributed by atoms with van der Waals surface area (Å²) in [5.41, 5.74) is 6.36. The van der Waals surface area contributed by atoms with Crippen molar-refractivity contribution in [1.82, 2.24) is 15.9 Å². The minimum absolute atomic E-state index is 0.114. The minimum Gasteiger partial charge on any atom is -0.286 e. The lowest BCUT2D eigenvalue weighted by Gasteiger charge is -2.44. The Morgan fingerprint density at radius 3 is 3.31 bits per heavy atom. The van der Waals surface area contributed by atoms with Crippen LogP contribution < -0.4 is 10.9 Å². The van der Waals surface area contributed by atoms with E-state index < -0.39 is 0 Å². The quantitative estimate of drug-likeness (QED) is 0.659. The summed E-state index contributed by atoms with van der Waals surface area (Å²) in [6.45, 7) is 2.25. The van der Waals surface area contributed by atoms with Crippen molar-refractivity contribution in [3.05, 3.63) is 0 Å². The maximum absolute atomic E-state index is 11.7. The number of hydrazone groups is 1. The number of nitrogens with zero attached hydrogens (tertiary/aromatic N) is 2. The van der Waals surface area contributed by atoms with E-state index in [4.69, 9.17) is 0 Å². The fourth-order valence-electron chi connectivity index (χ4n) is 2.70. The van der Waals surface area contributed by atoms with Gasteiger partial charge >= 0.3 is 0 Å². The number of thioether (sulfide) groups is 1. The van der Waals surface area contributed by atoms with Crippen LogP contribution in [0.15, 0.2) is 5.10 Å². The Morgan fingerprint density at radius 1 is 1.62 bits per heavy atom. The molecule has 5 nitrogen and oxygen atoms in total. The lowest BCUT2D eigenvalue weighted by Crippen LogP contribution is -2.67. The molecule has 1 saturated heterocycles. The van der Waals surface area contributed by atoms with Crippen LogP contribution >= 0.6 is 11.8 Å². The van der Waals surface area contributed by atoms with Gasteiger partial charge in [-0.05, 0) is 25.2 Å². The van der Waals surface area contributed by atoms with Crippen molar-refractivity contribution in [2.75, 3.05) is 5.75 Å². The van der Waals surface area contributed by atoms with Crippen LogP contribution in [0.4, 0.5) is 0 Å². The van der Waals surface area contributed by atoms with Gasteiger partial charge in [-0.25, -0.2) is 5.01 Å². The molecule has 0 aromatic heterocycles. The number of nitrogens with one attached hydrogen (secondary N) is 2. The van der Waals surface area contributed by atoms with Gasteiger partial charge in [-0.3, -0.25) is 10.2 Å². The number of carbonyl (C=O) groups is 1. The van der Waals surface area contributed by atoms with E-state index in [0.717, 1.165) is 18.0 Å². The Morgan fingerprint density at radius 2 is 2.50 bits per heavy atom. The number of hydrazine groups is 1. The molecule has 1 aliphatic carbocycles. The number of hydrogen-bond acceptors (Lipinski definition) is 5. The van der Waals surface area contributed by atoms with Crippen LogP contribution in [-0.2, 0) is 4.79 Å². The Kier molecular flexibility index (Phi) is 2.36. The number of hydrogen-bond donors (Lipinski definition) is 2. The van der Waals surface area contributed by atoms with E-state index >= 15 is 0 Å². The van der Waals surface area contributed by atoms with Gasteiger partial charge in [-0.1, -0.05) is 25.1 Å². The first-order valence-corrected chi connectivity index (χ1v) is 6.76. The van der Waals surface area contributed by atoms with Gasteiger partial charge in [-0.15, -0.1) is 0 Å². The molecule has 0 aromatic rings. The lowest BCUT2D eigenvalue weighted by molar-refractivity contribution is -0.129. The average Bonchev–Trinajstić information content (AvgIpc) is 2.60. The summed E-state index contributed by atoms with van der Waals surface area (Å²) in [7, 11) is 0. The van der Waals surface area contributed by atoms with Crippen LogP contribution in [0.3, 0.4) is 0 Å². The van der Waals surface area contributed by atoms with Crippen molar-refractivity contribution in [3.8, 4) is 0 Å². The summed E-state index contributed by atoms with van der Waals surface area (Å²) >= 11 is 1.48. The lowest BCUT2D eigenvalue weighted by atomic mass is 9.82. The first-order chi connectivity index (χ1) is 7.69. The maximum Gasteiger partial charge on any atom is 0.253 e. The molecule has 3 rings (SSSR count). The molecule has 2 atom stereocenters. The van der Waals surface area contributed by atoms with E-state index in [-0.39, 0.29) is 11.6 Å². The zero-order valence-electron chi connectivity index (χ0n) is 9.32. The number of fused-ring (bicyclic) bond motifs is 1. The molecule has 16 heavy (non-hydrogen) atoms. The number of amidine groups is 1. The molecule has 2 heterocycles. The third-order valence-electron chi connectivity index (χ3n) is 3.45. The van der Waals surface area contributed by atoms with Crippen LogP contribution in [0.5, 0.6) is 0 Å². The molecule has 88 valence electrons. The van der Waals surface area contributed by atoms with Crippen molar-refractivity contribution >= 4 is 22.8 Å². The summed E-state index contributed by atoms with van der Waals surface area (Å²) in [5, 5.41) is 6.71. The molecule has 1 amide bonds. The molecule has 0 bridgehead atoms. The molecule has 1 spiro atoms. The van der Waals surface area contributed by atoms with Gasteiger partial charge < -0.3 is 0 Å². The van der Waals surface area contributed by atoms with Crippen LogP contribution in [0.2, 0.25) is 0 Å². The second kappa shape index (κ2) is 3.63. The Balaban J connectivity index is 1.82. The van der Waals surface area contributed by atoms with Gasteiger partial charge in [0.15, 0.2) is 0 Å². The predicted molar refractivity (Wildman–Crippen MR) is 63.4 cm³/mol. The van der Waals surface area contributed by atoms with Gasteiger partial charge in [0.2, 0.25) is 5.17 Å². The average molecular weight is 240 g/mol.